The molecule has 2 rings (SSSR count). The van der Waals surface area contributed by atoms with Crippen LogP contribution in [-0.4, -0.2) is 48.6 Å². The van der Waals surface area contributed by atoms with Gasteiger partial charge in [0.05, 0.1) is 25.6 Å². The van der Waals surface area contributed by atoms with Gasteiger partial charge in [-0.1, -0.05) is 6.92 Å². The summed E-state index contributed by atoms with van der Waals surface area (Å²) in [5.74, 6) is 2.94. The van der Waals surface area contributed by atoms with Crippen molar-refractivity contribution in [3.8, 4) is 23.0 Å². The van der Waals surface area contributed by atoms with Gasteiger partial charge in [-0.25, -0.2) is 0 Å². The Balaban J connectivity index is 2.73. The summed E-state index contributed by atoms with van der Waals surface area (Å²) in [6.07, 6.45) is 0.903. The molecule has 166 valence electrons. The van der Waals surface area contributed by atoms with Crippen LogP contribution >= 0.6 is 0 Å². The molecule has 0 spiro atoms. The topological polar surface area (TPSA) is 58.6 Å². The van der Waals surface area contributed by atoms with Crippen LogP contribution in [-0.2, 0) is 9.47 Å². The first-order chi connectivity index (χ1) is 14.5. The summed E-state index contributed by atoms with van der Waals surface area (Å²) >= 11 is 0. The van der Waals surface area contributed by atoms with Crippen molar-refractivity contribution in [1.82, 2.24) is 0 Å². The number of anilines is 2. The zero-order valence-electron chi connectivity index (χ0n) is 19.0. The van der Waals surface area contributed by atoms with Crippen LogP contribution in [0.5, 0.6) is 23.0 Å². The summed E-state index contributed by atoms with van der Waals surface area (Å²) in [4.78, 5) is 2.15. The lowest BCUT2D eigenvalue weighted by atomic mass is 10.1. The molecule has 0 saturated heterocycles. The smallest absolute Gasteiger partial charge is 0.188 e. The van der Waals surface area contributed by atoms with E-state index in [1.807, 2.05) is 38.1 Å². The minimum atomic E-state index is 0.143. The first-order valence-corrected chi connectivity index (χ1v) is 9.88. The van der Waals surface area contributed by atoms with Crippen molar-refractivity contribution in [2.45, 2.75) is 27.2 Å². The molecule has 0 fully saturated rings. The van der Waals surface area contributed by atoms with Crippen LogP contribution in [0.1, 0.15) is 24.5 Å². The predicted molar refractivity (Wildman–Crippen MR) is 118 cm³/mol. The summed E-state index contributed by atoms with van der Waals surface area (Å²) in [7, 11) is 6.51. The van der Waals surface area contributed by atoms with E-state index in [1.165, 1.54) is 0 Å². The normalized spacial score (nSPS) is 10.6. The van der Waals surface area contributed by atoms with Gasteiger partial charge in [0.15, 0.2) is 13.6 Å². The van der Waals surface area contributed by atoms with Crippen LogP contribution in [0.25, 0.3) is 0 Å². The molecule has 0 aliphatic heterocycles. The highest BCUT2D eigenvalue weighted by Crippen LogP contribution is 2.45. The minimum absolute atomic E-state index is 0.143. The second-order valence-electron chi connectivity index (χ2n) is 6.84. The molecule has 0 atom stereocenters. The number of hydrogen-bond donors (Lipinski definition) is 0. The molecular formula is C23H33NO6. The third kappa shape index (κ3) is 5.49. The molecule has 0 aliphatic carbocycles. The van der Waals surface area contributed by atoms with Gasteiger partial charge >= 0.3 is 0 Å². The highest BCUT2D eigenvalue weighted by atomic mass is 16.7. The molecule has 7 nitrogen and oxygen atoms in total. The van der Waals surface area contributed by atoms with Crippen LogP contribution in [0, 0.1) is 13.8 Å². The van der Waals surface area contributed by atoms with Gasteiger partial charge in [-0.2, -0.15) is 0 Å². The number of benzene rings is 2. The zero-order valence-corrected chi connectivity index (χ0v) is 19.0. The van der Waals surface area contributed by atoms with Crippen molar-refractivity contribution in [1.29, 1.82) is 0 Å². The summed E-state index contributed by atoms with van der Waals surface area (Å²) < 4.78 is 33.3. The van der Waals surface area contributed by atoms with E-state index in [9.17, 15) is 0 Å². The van der Waals surface area contributed by atoms with Gasteiger partial charge < -0.3 is 33.3 Å². The highest BCUT2D eigenvalue weighted by molar-refractivity contribution is 5.78. The summed E-state index contributed by atoms with van der Waals surface area (Å²) in [6.45, 7) is 7.11. The maximum atomic E-state index is 5.96. The molecule has 7 heteroatoms. The Morgan fingerprint density at radius 3 is 1.47 bits per heavy atom. The van der Waals surface area contributed by atoms with Gasteiger partial charge in [-0.15, -0.1) is 0 Å². The molecule has 0 saturated carbocycles. The van der Waals surface area contributed by atoms with Crippen molar-refractivity contribution >= 4 is 11.4 Å². The number of hydrogen-bond acceptors (Lipinski definition) is 7. The SMILES string of the molecule is CCCN(c1cc(OC)cc(C)c1OCOC)c1cc(OC)cc(C)c1OCOC. The molecule has 30 heavy (non-hydrogen) atoms. The van der Waals surface area contributed by atoms with E-state index in [4.69, 9.17) is 28.4 Å². The molecule has 0 amide bonds. The lowest BCUT2D eigenvalue weighted by Crippen LogP contribution is -2.21. The largest absolute Gasteiger partial charge is 0.497 e. The van der Waals surface area contributed by atoms with Crippen LogP contribution in [0.4, 0.5) is 11.4 Å². The van der Waals surface area contributed by atoms with Crippen LogP contribution in [0.3, 0.4) is 0 Å². The lowest BCUT2D eigenvalue weighted by molar-refractivity contribution is 0.0504. The summed E-state index contributed by atoms with van der Waals surface area (Å²) in [5.41, 5.74) is 3.62. The third-order valence-corrected chi connectivity index (χ3v) is 4.60. The third-order valence-electron chi connectivity index (χ3n) is 4.60. The van der Waals surface area contributed by atoms with Crippen molar-refractivity contribution in [2.75, 3.05) is 53.5 Å². The number of nitrogens with zero attached hydrogens (tertiary/aromatic N) is 1. The average molecular weight is 420 g/mol. The van der Waals surface area contributed by atoms with Crippen molar-refractivity contribution in [3.63, 3.8) is 0 Å². The van der Waals surface area contributed by atoms with E-state index in [-0.39, 0.29) is 13.6 Å². The van der Waals surface area contributed by atoms with Gasteiger partial charge in [-0.3, -0.25) is 0 Å². The van der Waals surface area contributed by atoms with Crippen LogP contribution in [0.15, 0.2) is 24.3 Å². The number of methoxy groups -OCH3 is 4. The predicted octanol–water partition coefficient (Wildman–Crippen LogP) is 4.83. The fourth-order valence-electron chi connectivity index (χ4n) is 3.29. The van der Waals surface area contributed by atoms with Crippen LogP contribution < -0.4 is 23.8 Å². The number of ether oxygens (including phenoxy) is 6. The molecule has 0 N–H and O–H groups in total. The molecule has 0 aromatic heterocycles. The van der Waals surface area contributed by atoms with E-state index in [0.717, 1.165) is 58.5 Å². The minimum Gasteiger partial charge on any atom is -0.497 e. The van der Waals surface area contributed by atoms with Gasteiger partial charge in [0.2, 0.25) is 0 Å². The number of aryl methyl sites for hydroxylation is 2. The maximum Gasteiger partial charge on any atom is 0.188 e. The maximum absolute atomic E-state index is 5.96. The Kier molecular flexibility index (Phi) is 9.08. The zero-order chi connectivity index (χ0) is 22.1. The standard InChI is InChI=1S/C23H33NO6/c1-8-9-24(20-12-18(27-6)10-16(2)22(20)29-14-25-4)21-13-19(28-7)11-17(3)23(21)30-15-26-5/h10-13H,8-9,14-15H2,1-7H3. The second-order valence-corrected chi connectivity index (χ2v) is 6.84. The highest BCUT2D eigenvalue weighted by Gasteiger charge is 2.23. The van der Waals surface area contributed by atoms with E-state index in [0.29, 0.717) is 0 Å². The fraction of sp³-hybridized carbons (Fsp3) is 0.478. The Morgan fingerprint density at radius 1 is 0.700 bits per heavy atom. The first kappa shape index (κ1) is 23.6. The van der Waals surface area contributed by atoms with Gasteiger partial charge in [0.1, 0.15) is 23.0 Å². The van der Waals surface area contributed by atoms with Gasteiger partial charge in [-0.05, 0) is 43.5 Å². The average Bonchev–Trinajstić information content (AvgIpc) is 2.75. The van der Waals surface area contributed by atoms with Crippen molar-refractivity contribution in [2.24, 2.45) is 0 Å². The van der Waals surface area contributed by atoms with E-state index >= 15 is 0 Å². The Bertz CT molecular complexity index is 758. The Hall–Kier alpha value is -2.64. The lowest BCUT2D eigenvalue weighted by Gasteiger charge is -2.30. The molecule has 0 heterocycles. The van der Waals surface area contributed by atoms with Crippen molar-refractivity contribution in [3.05, 3.63) is 35.4 Å². The van der Waals surface area contributed by atoms with E-state index < -0.39 is 0 Å². The van der Waals surface area contributed by atoms with Crippen LogP contribution in [0.2, 0.25) is 0 Å². The quantitative estimate of drug-likeness (QED) is 0.457. The summed E-state index contributed by atoms with van der Waals surface area (Å²) in [5, 5.41) is 0. The molecular weight excluding hydrogens is 386 g/mol. The molecule has 2 aromatic rings. The van der Waals surface area contributed by atoms with Gasteiger partial charge in [0.25, 0.3) is 0 Å². The Labute approximate surface area is 179 Å². The van der Waals surface area contributed by atoms with Gasteiger partial charge in [0, 0.05) is 32.9 Å². The molecule has 0 unspecified atom stereocenters. The van der Waals surface area contributed by atoms with E-state index in [1.54, 1.807) is 28.4 Å². The molecule has 2 aromatic carbocycles. The van der Waals surface area contributed by atoms with E-state index in [2.05, 4.69) is 11.8 Å². The Morgan fingerprint density at radius 2 is 1.13 bits per heavy atom. The number of rotatable bonds is 12. The van der Waals surface area contributed by atoms with Crippen molar-refractivity contribution < 1.29 is 28.4 Å². The fourth-order valence-corrected chi connectivity index (χ4v) is 3.29. The molecule has 0 radical (unpaired) electrons. The first-order valence-electron chi connectivity index (χ1n) is 9.88. The molecule has 0 bridgehead atoms. The molecule has 0 aliphatic rings. The monoisotopic (exact) mass is 419 g/mol. The summed E-state index contributed by atoms with van der Waals surface area (Å²) in [6, 6.07) is 7.81. The second kappa shape index (κ2) is 11.5.